The minimum absolute atomic E-state index is 0.00757. The first-order chi connectivity index (χ1) is 3.98. The number of aliphatic hydroxyl groups excluding tert-OH is 1. The Kier molecular flexibility index (Phi) is 3.76. The first-order valence-electron chi connectivity index (χ1n) is 3.10. The summed E-state index contributed by atoms with van der Waals surface area (Å²) in [5.41, 5.74) is -0.00757. The minimum Gasteiger partial charge on any atom is -0.392 e. The van der Waals surface area contributed by atoms with Crippen LogP contribution >= 0.6 is 8.46 Å². The van der Waals surface area contributed by atoms with Crippen LogP contribution in [0.2, 0.25) is 0 Å². The van der Waals surface area contributed by atoms with E-state index in [0.29, 0.717) is 8.46 Å². The fourth-order valence-corrected chi connectivity index (χ4v) is 1.25. The summed E-state index contributed by atoms with van der Waals surface area (Å²) in [6, 6.07) is 0. The Labute approximate surface area is 60.4 Å². The van der Waals surface area contributed by atoms with E-state index in [-0.39, 0.29) is 11.5 Å². The SMILES string of the molecule is [B]PC[C@H](O)C(C)(C)C. The lowest BCUT2D eigenvalue weighted by molar-refractivity contribution is 0.0840. The fraction of sp³-hybridized carbons (Fsp3) is 1.00. The molecule has 0 fully saturated rings. The van der Waals surface area contributed by atoms with Gasteiger partial charge in [0.2, 0.25) is 0 Å². The summed E-state index contributed by atoms with van der Waals surface area (Å²) in [6.07, 6.45) is 0.476. The summed E-state index contributed by atoms with van der Waals surface area (Å²) >= 11 is 0. The number of hydrogen-bond acceptors (Lipinski definition) is 1. The first-order valence-corrected chi connectivity index (χ1v) is 4.38. The first kappa shape index (κ1) is 9.45. The van der Waals surface area contributed by atoms with Gasteiger partial charge in [-0.2, -0.15) is 8.46 Å². The molecule has 2 radical (unpaired) electrons. The maximum atomic E-state index is 9.31. The van der Waals surface area contributed by atoms with Crippen LogP contribution in [-0.4, -0.2) is 24.9 Å². The molecule has 0 spiro atoms. The molecular formula is C6H14BOP. The molecule has 2 atom stereocenters. The van der Waals surface area contributed by atoms with E-state index in [1.807, 2.05) is 20.8 Å². The van der Waals surface area contributed by atoms with Gasteiger partial charge in [0.1, 0.15) is 7.57 Å². The van der Waals surface area contributed by atoms with Gasteiger partial charge < -0.3 is 5.11 Å². The molecule has 0 amide bonds. The van der Waals surface area contributed by atoms with Crippen molar-refractivity contribution < 1.29 is 5.11 Å². The average Bonchev–Trinajstić information content (AvgIpc) is 1.64. The largest absolute Gasteiger partial charge is 0.392 e. The van der Waals surface area contributed by atoms with Crippen molar-refractivity contribution >= 4 is 16.0 Å². The lowest BCUT2D eigenvalue weighted by Gasteiger charge is -2.25. The van der Waals surface area contributed by atoms with Crippen LogP contribution in [0.4, 0.5) is 0 Å². The zero-order chi connectivity index (χ0) is 7.49. The van der Waals surface area contributed by atoms with Gasteiger partial charge in [0, 0.05) is 0 Å². The highest BCUT2D eigenvalue weighted by atomic mass is 31.1. The van der Waals surface area contributed by atoms with E-state index in [9.17, 15) is 5.11 Å². The van der Waals surface area contributed by atoms with Gasteiger partial charge in [-0.25, -0.2) is 0 Å². The molecule has 1 N–H and O–H groups in total. The Morgan fingerprint density at radius 2 is 2.00 bits per heavy atom. The molecule has 0 aromatic carbocycles. The van der Waals surface area contributed by atoms with Crippen LogP contribution < -0.4 is 0 Å². The van der Waals surface area contributed by atoms with E-state index >= 15 is 0 Å². The second-order valence-corrected chi connectivity index (χ2v) is 4.11. The second-order valence-electron chi connectivity index (χ2n) is 3.29. The van der Waals surface area contributed by atoms with Gasteiger partial charge in [-0.05, 0) is 11.6 Å². The number of aliphatic hydroxyl groups is 1. The van der Waals surface area contributed by atoms with Crippen molar-refractivity contribution in [2.75, 3.05) is 6.16 Å². The van der Waals surface area contributed by atoms with Crippen molar-refractivity contribution in [2.24, 2.45) is 5.41 Å². The predicted octanol–water partition coefficient (Wildman–Crippen LogP) is 1.16. The second kappa shape index (κ2) is 3.58. The molecule has 3 heteroatoms. The van der Waals surface area contributed by atoms with Crippen molar-refractivity contribution in [1.82, 2.24) is 0 Å². The zero-order valence-electron chi connectivity index (χ0n) is 6.31. The van der Waals surface area contributed by atoms with Crippen LogP contribution in [0.15, 0.2) is 0 Å². The van der Waals surface area contributed by atoms with Gasteiger partial charge >= 0.3 is 0 Å². The van der Waals surface area contributed by atoms with Crippen LogP contribution in [0.25, 0.3) is 0 Å². The smallest absolute Gasteiger partial charge is 0.104 e. The molecule has 0 aromatic heterocycles. The van der Waals surface area contributed by atoms with Crippen LogP contribution in [-0.2, 0) is 0 Å². The molecule has 0 aliphatic heterocycles. The summed E-state index contributed by atoms with van der Waals surface area (Å²) in [5.74, 6) is 0. The van der Waals surface area contributed by atoms with Crippen LogP contribution in [0, 0.1) is 5.41 Å². The Balaban J connectivity index is 3.59. The molecule has 0 saturated heterocycles. The van der Waals surface area contributed by atoms with E-state index < -0.39 is 0 Å². The molecule has 1 unspecified atom stereocenters. The molecule has 52 valence electrons. The van der Waals surface area contributed by atoms with Crippen molar-refractivity contribution in [3.05, 3.63) is 0 Å². The fourth-order valence-electron chi connectivity index (χ4n) is 0.418. The third kappa shape index (κ3) is 3.94. The molecule has 1 nitrogen and oxygen atoms in total. The Morgan fingerprint density at radius 3 is 2.11 bits per heavy atom. The molecule has 0 aromatic rings. The van der Waals surface area contributed by atoms with Crippen molar-refractivity contribution in [1.29, 1.82) is 0 Å². The molecule has 0 rings (SSSR count). The summed E-state index contributed by atoms with van der Waals surface area (Å²) in [7, 11) is 5.66. The summed E-state index contributed by atoms with van der Waals surface area (Å²) in [5, 5.41) is 9.31. The topological polar surface area (TPSA) is 20.2 Å². The highest BCUT2D eigenvalue weighted by Crippen LogP contribution is 2.22. The monoisotopic (exact) mass is 144 g/mol. The van der Waals surface area contributed by atoms with Crippen LogP contribution in [0.3, 0.4) is 0 Å². The Morgan fingerprint density at radius 1 is 1.56 bits per heavy atom. The number of hydrogen-bond donors (Lipinski definition) is 1. The molecule has 0 aliphatic carbocycles. The third-order valence-electron chi connectivity index (χ3n) is 1.31. The van der Waals surface area contributed by atoms with E-state index in [1.165, 1.54) is 0 Å². The highest BCUT2D eigenvalue weighted by molar-refractivity contribution is 7.66. The maximum Gasteiger partial charge on any atom is 0.104 e. The molecule has 9 heavy (non-hydrogen) atoms. The normalized spacial score (nSPS) is 16.9. The van der Waals surface area contributed by atoms with E-state index in [2.05, 4.69) is 0 Å². The van der Waals surface area contributed by atoms with E-state index in [4.69, 9.17) is 7.57 Å². The van der Waals surface area contributed by atoms with Gasteiger partial charge in [-0.1, -0.05) is 20.8 Å². The number of rotatable bonds is 2. The predicted molar refractivity (Wildman–Crippen MR) is 44.4 cm³/mol. The Hall–Kier alpha value is 0.455. The van der Waals surface area contributed by atoms with Crippen molar-refractivity contribution in [2.45, 2.75) is 26.9 Å². The Bertz CT molecular complexity index is 79.6. The van der Waals surface area contributed by atoms with Crippen LogP contribution in [0.1, 0.15) is 20.8 Å². The molecule has 0 aliphatic rings. The van der Waals surface area contributed by atoms with Gasteiger partial charge in [0.25, 0.3) is 0 Å². The van der Waals surface area contributed by atoms with Gasteiger partial charge in [-0.15, -0.1) is 0 Å². The van der Waals surface area contributed by atoms with E-state index in [1.54, 1.807) is 0 Å². The average molecular weight is 144 g/mol. The van der Waals surface area contributed by atoms with Crippen LogP contribution in [0.5, 0.6) is 0 Å². The maximum absolute atomic E-state index is 9.31. The zero-order valence-corrected chi connectivity index (χ0v) is 7.31. The van der Waals surface area contributed by atoms with E-state index in [0.717, 1.165) is 6.16 Å². The summed E-state index contributed by atoms with van der Waals surface area (Å²) in [4.78, 5) is 0. The molecular weight excluding hydrogens is 130 g/mol. The van der Waals surface area contributed by atoms with Crippen molar-refractivity contribution in [3.8, 4) is 0 Å². The molecule has 0 heterocycles. The van der Waals surface area contributed by atoms with Gasteiger partial charge in [-0.3, -0.25) is 0 Å². The van der Waals surface area contributed by atoms with Gasteiger partial charge in [0.15, 0.2) is 0 Å². The minimum atomic E-state index is -0.249. The highest BCUT2D eigenvalue weighted by Gasteiger charge is 2.20. The summed E-state index contributed by atoms with van der Waals surface area (Å²) < 4.78 is 0. The van der Waals surface area contributed by atoms with Gasteiger partial charge in [0.05, 0.1) is 6.10 Å². The molecule has 0 bridgehead atoms. The quantitative estimate of drug-likeness (QED) is 0.455. The molecule has 0 saturated carbocycles. The lowest BCUT2D eigenvalue weighted by Crippen LogP contribution is -2.27. The third-order valence-corrected chi connectivity index (χ3v) is 1.93. The standard InChI is InChI=1S/C6H14BOP/c1-6(2,3)5(8)4-9-7/h5,8-9H,4H2,1-3H3/t5-/m0/s1. The lowest BCUT2D eigenvalue weighted by atomic mass is 9.90. The van der Waals surface area contributed by atoms with Crippen molar-refractivity contribution in [3.63, 3.8) is 0 Å². The summed E-state index contributed by atoms with van der Waals surface area (Å²) in [6.45, 7) is 6.04.